The van der Waals surface area contributed by atoms with Crippen LogP contribution < -0.4 is 5.32 Å². The zero-order valence-corrected chi connectivity index (χ0v) is 11.0. The Morgan fingerprint density at radius 3 is 2.71 bits per heavy atom. The van der Waals surface area contributed by atoms with E-state index in [0.29, 0.717) is 19.4 Å². The average molecular weight is 263 g/mol. The maximum Gasteiger partial charge on any atom is 0.306 e. The van der Waals surface area contributed by atoms with Gasteiger partial charge in [-0.3, -0.25) is 4.79 Å². The van der Waals surface area contributed by atoms with Gasteiger partial charge in [0.2, 0.25) is 0 Å². The summed E-state index contributed by atoms with van der Waals surface area (Å²) in [5.74, 6) is -0.765. The second-order valence-corrected chi connectivity index (χ2v) is 7.10. The molecule has 6 heteroatoms. The quantitative estimate of drug-likeness (QED) is 0.688. The lowest BCUT2D eigenvalue weighted by Gasteiger charge is -2.27. The van der Waals surface area contributed by atoms with Crippen LogP contribution in [0.1, 0.15) is 32.1 Å². The van der Waals surface area contributed by atoms with Crippen LogP contribution in [-0.2, 0) is 14.6 Å². The van der Waals surface area contributed by atoms with Gasteiger partial charge in [-0.15, -0.1) is 0 Å². The first-order chi connectivity index (χ1) is 7.88. The molecule has 0 aliphatic heterocycles. The van der Waals surface area contributed by atoms with Gasteiger partial charge < -0.3 is 10.4 Å². The molecule has 0 radical (unpaired) electrons. The Hall–Kier alpha value is -0.620. The molecular formula is C11H21NO4S. The van der Waals surface area contributed by atoms with Crippen molar-refractivity contribution in [3.8, 4) is 0 Å². The first kappa shape index (κ1) is 14.4. The second kappa shape index (κ2) is 6.35. The minimum atomic E-state index is -2.89. The lowest BCUT2D eigenvalue weighted by Crippen LogP contribution is -2.37. The van der Waals surface area contributed by atoms with E-state index in [-0.39, 0.29) is 17.7 Å². The van der Waals surface area contributed by atoms with Crippen molar-refractivity contribution in [1.82, 2.24) is 5.32 Å². The van der Waals surface area contributed by atoms with E-state index in [1.807, 2.05) is 0 Å². The molecular weight excluding hydrogens is 242 g/mol. The molecule has 0 saturated heterocycles. The predicted octanol–water partition coefficient (Wildman–Crippen LogP) is 0.654. The van der Waals surface area contributed by atoms with Gasteiger partial charge in [0, 0.05) is 12.3 Å². The maximum atomic E-state index is 10.9. The van der Waals surface area contributed by atoms with Gasteiger partial charge in [-0.1, -0.05) is 6.42 Å². The standard InChI is InChI=1S/C11H21NO4S/c1-17(15,16)7-3-6-12-10-5-2-4-9(8-10)11(13)14/h9-10,12H,2-8H2,1H3,(H,13,14). The molecule has 17 heavy (non-hydrogen) atoms. The Balaban J connectivity index is 2.21. The lowest BCUT2D eigenvalue weighted by molar-refractivity contribution is -0.143. The minimum absolute atomic E-state index is 0.190. The van der Waals surface area contributed by atoms with Gasteiger partial charge in [0.05, 0.1) is 11.7 Å². The summed E-state index contributed by atoms with van der Waals surface area (Å²) in [4.78, 5) is 10.9. The van der Waals surface area contributed by atoms with E-state index >= 15 is 0 Å². The molecule has 1 aliphatic carbocycles. The van der Waals surface area contributed by atoms with Crippen LogP contribution in [-0.4, -0.2) is 44.1 Å². The molecule has 0 aromatic carbocycles. The van der Waals surface area contributed by atoms with E-state index in [1.54, 1.807) is 0 Å². The highest BCUT2D eigenvalue weighted by atomic mass is 32.2. The third kappa shape index (κ3) is 6.02. The van der Waals surface area contributed by atoms with Crippen LogP contribution in [0, 0.1) is 5.92 Å². The van der Waals surface area contributed by atoms with Gasteiger partial charge in [-0.05, 0) is 32.2 Å². The van der Waals surface area contributed by atoms with Gasteiger partial charge in [-0.25, -0.2) is 8.42 Å². The molecule has 0 bridgehead atoms. The van der Waals surface area contributed by atoms with E-state index in [1.165, 1.54) is 6.26 Å². The number of carboxylic acids is 1. The summed E-state index contributed by atoms with van der Waals surface area (Å²) in [5, 5.41) is 12.2. The molecule has 2 atom stereocenters. The van der Waals surface area contributed by atoms with Crippen LogP contribution in [0.2, 0.25) is 0 Å². The highest BCUT2D eigenvalue weighted by molar-refractivity contribution is 7.90. The number of aliphatic carboxylic acids is 1. The minimum Gasteiger partial charge on any atom is -0.481 e. The fourth-order valence-corrected chi connectivity index (χ4v) is 2.91. The molecule has 100 valence electrons. The zero-order valence-electron chi connectivity index (χ0n) is 10.2. The van der Waals surface area contributed by atoms with Gasteiger partial charge >= 0.3 is 5.97 Å². The number of nitrogens with one attached hydrogen (secondary N) is 1. The Kier molecular flexibility index (Phi) is 5.39. The summed E-state index contributed by atoms with van der Waals surface area (Å²) in [6.07, 6.45) is 5.16. The SMILES string of the molecule is CS(=O)(=O)CCCNC1CCCC(C(=O)O)C1. The van der Waals surface area contributed by atoms with E-state index in [9.17, 15) is 13.2 Å². The van der Waals surface area contributed by atoms with Crippen molar-refractivity contribution in [2.24, 2.45) is 5.92 Å². The number of rotatable bonds is 6. The smallest absolute Gasteiger partial charge is 0.306 e. The van der Waals surface area contributed by atoms with Crippen molar-refractivity contribution < 1.29 is 18.3 Å². The highest BCUT2D eigenvalue weighted by Gasteiger charge is 2.26. The van der Waals surface area contributed by atoms with Crippen LogP contribution in [0.3, 0.4) is 0 Å². The third-order valence-electron chi connectivity index (χ3n) is 3.15. The molecule has 1 aliphatic rings. The van der Waals surface area contributed by atoms with Gasteiger partial charge in [-0.2, -0.15) is 0 Å². The molecule has 0 heterocycles. The first-order valence-corrected chi connectivity index (χ1v) is 8.08. The monoisotopic (exact) mass is 263 g/mol. The summed E-state index contributed by atoms with van der Waals surface area (Å²) in [7, 11) is -2.89. The van der Waals surface area contributed by atoms with Gasteiger partial charge in [0.15, 0.2) is 0 Å². The van der Waals surface area contributed by atoms with Crippen molar-refractivity contribution >= 4 is 15.8 Å². The first-order valence-electron chi connectivity index (χ1n) is 6.02. The Morgan fingerprint density at radius 2 is 2.12 bits per heavy atom. The molecule has 0 aromatic heterocycles. The maximum absolute atomic E-state index is 10.9. The summed E-state index contributed by atoms with van der Waals surface area (Å²) in [5.41, 5.74) is 0. The van der Waals surface area contributed by atoms with E-state index in [2.05, 4.69) is 5.32 Å². The summed E-state index contributed by atoms with van der Waals surface area (Å²) < 4.78 is 21.8. The van der Waals surface area contributed by atoms with Crippen LogP contribution in [0.25, 0.3) is 0 Å². The van der Waals surface area contributed by atoms with Crippen molar-refractivity contribution in [3.63, 3.8) is 0 Å². The van der Waals surface area contributed by atoms with E-state index in [4.69, 9.17) is 5.11 Å². The Bertz CT molecular complexity index is 352. The number of carbonyl (C=O) groups is 1. The molecule has 0 aromatic rings. The Labute approximate surface area is 103 Å². The molecule has 2 N–H and O–H groups in total. The summed E-state index contributed by atoms with van der Waals surface area (Å²) >= 11 is 0. The van der Waals surface area contributed by atoms with E-state index in [0.717, 1.165) is 19.3 Å². The summed E-state index contributed by atoms with van der Waals surface area (Å²) in [6, 6.07) is 0.226. The number of carboxylic acid groups (broad SMARTS) is 1. The van der Waals surface area contributed by atoms with Crippen molar-refractivity contribution in [3.05, 3.63) is 0 Å². The molecule has 0 spiro atoms. The van der Waals surface area contributed by atoms with Crippen LogP contribution in [0.15, 0.2) is 0 Å². The van der Waals surface area contributed by atoms with Gasteiger partial charge in [0.25, 0.3) is 0 Å². The molecule has 5 nitrogen and oxygen atoms in total. The topological polar surface area (TPSA) is 83.5 Å². The molecule has 0 amide bonds. The molecule has 2 unspecified atom stereocenters. The third-order valence-corrected chi connectivity index (χ3v) is 4.18. The predicted molar refractivity (Wildman–Crippen MR) is 65.7 cm³/mol. The molecule has 1 rings (SSSR count). The number of sulfone groups is 1. The molecule has 1 fully saturated rings. The van der Waals surface area contributed by atoms with E-state index < -0.39 is 15.8 Å². The van der Waals surface area contributed by atoms with Crippen LogP contribution in [0.4, 0.5) is 0 Å². The fraction of sp³-hybridized carbons (Fsp3) is 0.909. The van der Waals surface area contributed by atoms with Crippen molar-refractivity contribution in [2.45, 2.75) is 38.1 Å². The van der Waals surface area contributed by atoms with Gasteiger partial charge in [0.1, 0.15) is 9.84 Å². The number of hydrogen-bond acceptors (Lipinski definition) is 4. The average Bonchev–Trinajstić information content (AvgIpc) is 2.23. The van der Waals surface area contributed by atoms with Crippen LogP contribution >= 0.6 is 0 Å². The number of hydrogen-bond donors (Lipinski definition) is 2. The highest BCUT2D eigenvalue weighted by Crippen LogP contribution is 2.24. The van der Waals surface area contributed by atoms with Crippen molar-refractivity contribution in [2.75, 3.05) is 18.6 Å². The van der Waals surface area contributed by atoms with Crippen molar-refractivity contribution in [1.29, 1.82) is 0 Å². The fourth-order valence-electron chi connectivity index (χ4n) is 2.24. The Morgan fingerprint density at radius 1 is 1.41 bits per heavy atom. The second-order valence-electron chi connectivity index (χ2n) is 4.84. The normalized spacial score (nSPS) is 25.7. The lowest BCUT2D eigenvalue weighted by atomic mass is 9.86. The molecule has 1 saturated carbocycles. The van der Waals surface area contributed by atoms with Crippen LogP contribution in [0.5, 0.6) is 0 Å². The summed E-state index contributed by atoms with van der Waals surface area (Å²) in [6.45, 7) is 0.643. The largest absolute Gasteiger partial charge is 0.481 e. The zero-order chi connectivity index (χ0) is 12.9.